The lowest BCUT2D eigenvalue weighted by atomic mass is 10.2. The molecule has 0 bridgehead atoms. The Labute approximate surface area is 130 Å². The first kappa shape index (κ1) is 14.0. The number of nitrogens with zero attached hydrogens (tertiary/aromatic N) is 5. The molecule has 3 aromatic rings. The van der Waals surface area contributed by atoms with Crippen LogP contribution in [0.1, 0.15) is 6.92 Å². The number of thiazole rings is 1. The van der Waals surface area contributed by atoms with Gasteiger partial charge in [0.25, 0.3) is 0 Å². The SMILES string of the molecule is CCNc1cc(-c2cnn(C)c2)nc(-c2ncc(Cl)s2)n1. The molecule has 0 unspecified atom stereocenters. The van der Waals surface area contributed by atoms with Crippen LogP contribution in [0.25, 0.3) is 22.1 Å². The maximum Gasteiger partial charge on any atom is 0.191 e. The summed E-state index contributed by atoms with van der Waals surface area (Å²) < 4.78 is 2.36. The maximum atomic E-state index is 5.94. The molecule has 0 saturated carbocycles. The fraction of sp³-hybridized carbons (Fsp3) is 0.231. The fourth-order valence-corrected chi connectivity index (χ4v) is 2.72. The lowest BCUT2D eigenvalue weighted by molar-refractivity contribution is 0.768. The van der Waals surface area contributed by atoms with Gasteiger partial charge in [0.2, 0.25) is 0 Å². The molecule has 0 aromatic carbocycles. The van der Waals surface area contributed by atoms with Gasteiger partial charge in [-0.05, 0) is 6.92 Å². The summed E-state index contributed by atoms with van der Waals surface area (Å²) in [5.74, 6) is 1.32. The quantitative estimate of drug-likeness (QED) is 0.800. The molecule has 0 aliphatic heterocycles. The van der Waals surface area contributed by atoms with Crippen molar-refractivity contribution in [3.05, 3.63) is 29.0 Å². The summed E-state index contributed by atoms with van der Waals surface area (Å²) in [5, 5.41) is 8.08. The highest BCUT2D eigenvalue weighted by molar-refractivity contribution is 7.18. The smallest absolute Gasteiger partial charge is 0.191 e. The van der Waals surface area contributed by atoms with Gasteiger partial charge in [-0.1, -0.05) is 22.9 Å². The van der Waals surface area contributed by atoms with Gasteiger partial charge in [-0.15, -0.1) is 0 Å². The Kier molecular flexibility index (Phi) is 3.85. The second-order valence-corrected chi connectivity index (χ2v) is 6.03. The Bertz CT molecular complexity index is 707. The van der Waals surface area contributed by atoms with Crippen molar-refractivity contribution in [2.24, 2.45) is 7.05 Å². The van der Waals surface area contributed by atoms with Crippen LogP contribution < -0.4 is 5.32 Å². The van der Waals surface area contributed by atoms with E-state index in [0.29, 0.717) is 15.2 Å². The fourth-order valence-electron chi connectivity index (χ4n) is 1.87. The monoisotopic (exact) mass is 320 g/mol. The number of halogens is 1. The highest BCUT2D eigenvalue weighted by Crippen LogP contribution is 2.28. The van der Waals surface area contributed by atoms with Crippen LogP contribution in [-0.2, 0) is 7.05 Å². The van der Waals surface area contributed by atoms with Crippen molar-refractivity contribution in [1.29, 1.82) is 0 Å². The van der Waals surface area contributed by atoms with E-state index in [0.717, 1.165) is 23.6 Å². The third-order valence-corrected chi connectivity index (χ3v) is 3.86. The van der Waals surface area contributed by atoms with Crippen molar-refractivity contribution in [2.75, 3.05) is 11.9 Å². The molecule has 8 heteroatoms. The Morgan fingerprint density at radius 1 is 1.33 bits per heavy atom. The standard InChI is InChI=1S/C13H13ClN6S/c1-3-15-11-4-9(8-5-17-20(2)7-8)18-12(19-11)13-16-6-10(14)21-13/h4-7H,3H2,1-2H3,(H,15,18,19). The normalized spacial score (nSPS) is 10.8. The minimum atomic E-state index is 0.559. The summed E-state index contributed by atoms with van der Waals surface area (Å²) in [6.45, 7) is 2.80. The van der Waals surface area contributed by atoms with Gasteiger partial charge in [0.05, 0.1) is 18.1 Å². The zero-order valence-electron chi connectivity index (χ0n) is 11.5. The molecule has 0 aliphatic carbocycles. The van der Waals surface area contributed by atoms with Gasteiger partial charge in [-0.2, -0.15) is 5.10 Å². The van der Waals surface area contributed by atoms with E-state index in [4.69, 9.17) is 11.6 Å². The van der Waals surface area contributed by atoms with E-state index in [1.807, 2.05) is 26.2 Å². The Balaban J connectivity index is 2.09. The van der Waals surface area contributed by atoms with E-state index in [1.54, 1.807) is 17.1 Å². The van der Waals surface area contributed by atoms with Crippen LogP contribution in [0.2, 0.25) is 4.34 Å². The first-order valence-electron chi connectivity index (χ1n) is 6.39. The first-order valence-corrected chi connectivity index (χ1v) is 7.59. The number of hydrogen-bond acceptors (Lipinski definition) is 6. The van der Waals surface area contributed by atoms with E-state index < -0.39 is 0 Å². The van der Waals surface area contributed by atoms with E-state index >= 15 is 0 Å². The minimum Gasteiger partial charge on any atom is -0.370 e. The van der Waals surface area contributed by atoms with Gasteiger partial charge in [-0.3, -0.25) is 4.68 Å². The average Bonchev–Trinajstić information content (AvgIpc) is 3.08. The van der Waals surface area contributed by atoms with Gasteiger partial charge in [0.15, 0.2) is 10.8 Å². The lowest BCUT2D eigenvalue weighted by Crippen LogP contribution is -2.02. The van der Waals surface area contributed by atoms with Gasteiger partial charge < -0.3 is 5.32 Å². The van der Waals surface area contributed by atoms with E-state index in [1.165, 1.54) is 11.3 Å². The molecule has 0 fully saturated rings. The van der Waals surface area contributed by atoms with Crippen molar-refractivity contribution >= 4 is 28.8 Å². The molecule has 108 valence electrons. The highest BCUT2D eigenvalue weighted by atomic mass is 35.5. The largest absolute Gasteiger partial charge is 0.370 e. The predicted octanol–water partition coefficient (Wildman–Crippen LogP) is 3.09. The average molecular weight is 321 g/mol. The Morgan fingerprint density at radius 2 is 2.19 bits per heavy atom. The number of aromatic nitrogens is 5. The van der Waals surface area contributed by atoms with Crippen LogP contribution in [0.3, 0.4) is 0 Å². The van der Waals surface area contributed by atoms with Crippen LogP contribution in [0.5, 0.6) is 0 Å². The van der Waals surface area contributed by atoms with Gasteiger partial charge in [0.1, 0.15) is 10.2 Å². The second kappa shape index (κ2) is 5.79. The summed E-state index contributed by atoms with van der Waals surface area (Å²) >= 11 is 7.30. The topological polar surface area (TPSA) is 68.5 Å². The minimum absolute atomic E-state index is 0.559. The molecular formula is C13H13ClN6S. The molecule has 3 heterocycles. The van der Waals surface area contributed by atoms with Gasteiger partial charge >= 0.3 is 0 Å². The summed E-state index contributed by atoms with van der Waals surface area (Å²) in [6.07, 6.45) is 5.29. The van der Waals surface area contributed by atoms with Crippen LogP contribution in [-0.4, -0.2) is 31.3 Å². The molecule has 0 aliphatic rings. The van der Waals surface area contributed by atoms with E-state index in [9.17, 15) is 0 Å². The number of anilines is 1. The molecule has 0 radical (unpaired) electrons. The number of aryl methyl sites for hydroxylation is 1. The Hall–Kier alpha value is -1.99. The molecule has 3 rings (SSSR count). The van der Waals surface area contributed by atoms with Gasteiger partial charge in [-0.25, -0.2) is 15.0 Å². The van der Waals surface area contributed by atoms with Crippen LogP contribution >= 0.6 is 22.9 Å². The number of hydrogen-bond donors (Lipinski definition) is 1. The molecule has 0 saturated heterocycles. The summed E-state index contributed by atoms with van der Waals surface area (Å²) in [7, 11) is 1.87. The van der Waals surface area contributed by atoms with Crippen molar-refractivity contribution in [1.82, 2.24) is 24.7 Å². The van der Waals surface area contributed by atoms with Crippen LogP contribution in [0.4, 0.5) is 5.82 Å². The summed E-state index contributed by atoms with van der Waals surface area (Å²) in [6, 6.07) is 1.90. The highest BCUT2D eigenvalue weighted by Gasteiger charge is 2.12. The molecule has 0 amide bonds. The van der Waals surface area contributed by atoms with Crippen molar-refractivity contribution in [3.63, 3.8) is 0 Å². The lowest BCUT2D eigenvalue weighted by Gasteiger charge is -2.06. The summed E-state index contributed by atoms with van der Waals surface area (Å²) in [5.41, 5.74) is 1.73. The molecular weight excluding hydrogens is 308 g/mol. The predicted molar refractivity (Wildman–Crippen MR) is 84.5 cm³/mol. The van der Waals surface area contributed by atoms with Gasteiger partial charge in [0, 0.05) is 31.4 Å². The first-order chi connectivity index (χ1) is 10.2. The number of rotatable bonds is 4. The Morgan fingerprint density at radius 3 is 2.81 bits per heavy atom. The molecule has 0 atom stereocenters. The number of nitrogens with one attached hydrogen (secondary N) is 1. The third-order valence-electron chi connectivity index (χ3n) is 2.75. The zero-order valence-corrected chi connectivity index (χ0v) is 13.1. The van der Waals surface area contributed by atoms with Crippen molar-refractivity contribution in [2.45, 2.75) is 6.92 Å². The second-order valence-electron chi connectivity index (χ2n) is 4.36. The summed E-state index contributed by atoms with van der Waals surface area (Å²) in [4.78, 5) is 13.3. The maximum absolute atomic E-state index is 5.94. The van der Waals surface area contributed by atoms with Crippen molar-refractivity contribution in [3.8, 4) is 22.1 Å². The molecule has 6 nitrogen and oxygen atoms in total. The third kappa shape index (κ3) is 3.03. The van der Waals surface area contributed by atoms with Crippen LogP contribution in [0, 0.1) is 0 Å². The van der Waals surface area contributed by atoms with Crippen LogP contribution in [0.15, 0.2) is 24.7 Å². The van der Waals surface area contributed by atoms with E-state index in [2.05, 4.69) is 25.4 Å². The molecule has 3 aromatic heterocycles. The molecule has 0 spiro atoms. The van der Waals surface area contributed by atoms with E-state index in [-0.39, 0.29) is 0 Å². The molecule has 1 N–H and O–H groups in total. The molecule has 21 heavy (non-hydrogen) atoms. The van der Waals surface area contributed by atoms with Crippen molar-refractivity contribution < 1.29 is 0 Å². The zero-order chi connectivity index (χ0) is 14.8.